The Balaban J connectivity index is 2.17. The molecule has 0 spiro atoms. The Morgan fingerprint density at radius 1 is 1.31 bits per heavy atom. The van der Waals surface area contributed by atoms with Gasteiger partial charge in [0.15, 0.2) is 0 Å². The molecule has 70 valence electrons. The van der Waals surface area contributed by atoms with E-state index in [1.165, 1.54) is 0 Å². The maximum absolute atomic E-state index is 10.2. The van der Waals surface area contributed by atoms with E-state index in [1.807, 2.05) is 30.3 Å². The molecular weight excluding hydrogens is 166 g/mol. The van der Waals surface area contributed by atoms with Crippen molar-refractivity contribution in [1.82, 2.24) is 0 Å². The number of anilines is 1. The number of para-hydroxylation sites is 1. The average molecular weight is 179 g/mol. The van der Waals surface area contributed by atoms with Crippen LogP contribution < -0.4 is 5.32 Å². The third kappa shape index (κ3) is 4.15. The van der Waals surface area contributed by atoms with Gasteiger partial charge in [0.25, 0.3) is 0 Å². The molecule has 13 heavy (non-hydrogen) atoms. The first kappa shape index (κ1) is 9.58. The first-order valence-electron chi connectivity index (χ1n) is 4.30. The molecule has 1 aromatic carbocycles. The second kappa shape index (κ2) is 5.19. The van der Waals surface area contributed by atoms with Gasteiger partial charge in [-0.25, -0.2) is 0 Å². The lowest BCUT2D eigenvalue weighted by Crippen LogP contribution is -2.04. The van der Waals surface area contributed by atoms with Gasteiger partial charge in [-0.2, -0.15) is 0 Å². The van der Waals surface area contributed by atoms with E-state index in [2.05, 4.69) is 5.32 Å². The van der Waals surface area contributed by atoms with Gasteiger partial charge in [-0.15, -0.1) is 0 Å². The molecule has 0 saturated carbocycles. The number of carbonyl (C=O) groups is 1. The summed E-state index contributed by atoms with van der Waals surface area (Å²) >= 11 is 0. The first-order chi connectivity index (χ1) is 6.29. The SMILES string of the molecule is O=C(O)CCCNc1ccccc1. The molecule has 0 unspecified atom stereocenters. The summed E-state index contributed by atoms with van der Waals surface area (Å²) in [5.74, 6) is -0.741. The van der Waals surface area contributed by atoms with Crippen LogP contribution in [0.3, 0.4) is 0 Å². The van der Waals surface area contributed by atoms with Crippen LogP contribution in [0.2, 0.25) is 0 Å². The zero-order valence-corrected chi connectivity index (χ0v) is 7.36. The standard InChI is InChI=1S/C10H13NO2/c12-10(13)7-4-8-11-9-5-2-1-3-6-9/h1-3,5-6,11H,4,7-8H2,(H,12,13). The highest BCUT2D eigenvalue weighted by atomic mass is 16.4. The lowest BCUT2D eigenvalue weighted by molar-refractivity contribution is -0.137. The molecule has 0 aliphatic carbocycles. The summed E-state index contributed by atoms with van der Waals surface area (Å²) in [4.78, 5) is 10.2. The van der Waals surface area contributed by atoms with Gasteiger partial charge in [0, 0.05) is 18.7 Å². The normalized spacial score (nSPS) is 9.54. The van der Waals surface area contributed by atoms with Crippen LogP contribution in [-0.2, 0) is 4.79 Å². The molecule has 0 radical (unpaired) electrons. The van der Waals surface area contributed by atoms with E-state index in [1.54, 1.807) is 0 Å². The van der Waals surface area contributed by atoms with Gasteiger partial charge in [-0.1, -0.05) is 18.2 Å². The van der Waals surface area contributed by atoms with Crippen molar-refractivity contribution in [3.8, 4) is 0 Å². The maximum Gasteiger partial charge on any atom is 0.303 e. The number of hydrogen-bond acceptors (Lipinski definition) is 2. The molecule has 0 saturated heterocycles. The Morgan fingerprint density at radius 3 is 2.62 bits per heavy atom. The zero-order chi connectivity index (χ0) is 9.52. The monoisotopic (exact) mass is 179 g/mol. The van der Waals surface area contributed by atoms with Crippen LogP contribution in [0.4, 0.5) is 5.69 Å². The highest BCUT2D eigenvalue weighted by molar-refractivity contribution is 5.66. The topological polar surface area (TPSA) is 49.3 Å². The molecule has 0 heterocycles. The predicted molar refractivity (Wildman–Crippen MR) is 51.8 cm³/mol. The fraction of sp³-hybridized carbons (Fsp3) is 0.300. The number of carboxylic acids is 1. The highest BCUT2D eigenvalue weighted by Crippen LogP contribution is 2.04. The van der Waals surface area contributed by atoms with Crippen LogP contribution in [-0.4, -0.2) is 17.6 Å². The number of rotatable bonds is 5. The average Bonchev–Trinajstić information content (AvgIpc) is 2.14. The van der Waals surface area contributed by atoms with Crippen LogP contribution in [0.5, 0.6) is 0 Å². The number of benzene rings is 1. The molecule has 2 N–H and O–H groups in total. The summed E-state index contributed by atoms with van der Waals surface area (Å²) < 4.78 is 0. The number of nitrogens with one attached hydrogen (secondary N) is 1. The van der Waals surface area contributed by atoms with Crippen molar-refractivity contribution in [3.63, 3.8) is 0 Å². The van der Waals surface area contributed by atoms with Crippen molar-refractivity contribution in [2.24, 2.45) is 0 Å². The van der Waals surface area contributed by atoms with Crippen molar-refractivity contribution in [2.75, 3.05) is 11.9 Å². The van der Waals surface area contributed by atoms with Crippen LogP contribution in [0, 0.1) is 0 Å². The number of carboxylic acid groups (broad SMARTS) is 1. The first-order valence-corrected chi connectivity index (χ1v) is 4.30. The minimum Gasteiger partial charge on any atom is -0.481 e. The predicted octanol–water partition coefficient (Wildman–Crippen LogP) is 1.96. The quantitative estimate of drug-likeness (QED) is 0.679. The molecule has 3 nitrogen and oxygen atoms in total. The van der Waals surface area contributed by atoms with E-state index < -0.39 is 5.97 Å². The molecule has 0 bridgehead atoms. The van der Waals surface area contributed by atoms with Crippen LogP contribution in [0.1, 0.15) is 12.8 Å². The van der Waals surface area contributed by atoms with E-state index >= 15 is 0 Å². The summed E-state index contributed by atoms with van der Waals surface area (Å²) in [5.41, 5.74) is 1.04. The maximum atomic E-state index is 10.2. The van der Waals surface area contributed by atoms with Crippen molar-refractivity contribution >= 4 is 11.7 Å². The van der Waals surface area contributed by atoms with Gasteiger partial charge < -0.3 is 10.4 Å². The van der Waals surface area contributed by atoms with Gasteiger partial charge in [-0.3, -0.25) is 4.79 Å². The zero-order valence-electron chi connectivity index (χ0n) is 7.36. The summed E-state index contributed by atoms with van der Waals surface area (Å²) in [6, 6.07) is 9.75. The molecule has 3 heteroatoms. The van der Waals surface area contributed by atoms with Crippen LogP contribution >= 0.6 is 0 Å². The Hall–Kier alpha value is -1.51. The minimum atomic E-state index is -0.741. The fourth-order valence-electron chi connectivity index (χ4n) is 1.03. The second-order valence-corrected chi connectivity index (χ2v) is 2.79. The molecule has 1 aromatic rings. The molecule has 0 aliphatic heterocycles. The molecule has 0 fully saturated rings. The summed E-state index contributed by atoms with van der Waals surface area (Å²) in [5, 5.41) is 11.5. The lowest BCUT2D eigenvalue weighted by Gasteiger charge is -2.03. The summed E-state index contributed by atoms with van der Waals surface area (Å²) in [7, 11) is 0. The number of hydrogen-bond donors (Lipinski definition) is 2. The largest absolute Gasteiger partial charge is 0.481 e. The van der Waals surface area contributed by atoms with Gasteiger partial charge in [0.2, 0.25) is 0 Å². The van der Waals surface area contributed by atoms with E-state index in [9.17, 15) is 4.79 Å². The number of aliphatic carboxylic acids is 1. The molecule has 0 amide bonds. The molecule has 0 atom stereocenters. The van der Waals surface area contributed by atoms with Crippen LogP contribution in [0.25, 0.3) is 0 Å². The smallest absolute Gasteiger partial charge is 0.303 e. The summed E-state index contributed by atoms with van der Waals surface area (Å²) in [6.07, 6.45) is 0.879. The second-order valence-electron chi connectivity index (χ2n) is 2.79. The third-order valence-electron chi connectivity index (χ3n) is 1.67. The third-order valence-corrected chi connectivity index (χ3v) is 1.67. The Bertz CT molecular complexity index is 259. The van der Waals surface area contributed by atoms with Gasteiger partial charge in [0.05, 0.1) is 0 Å². The van der Waals surface area contributed by atoms with Crippen molar-refractivity contribution in [2.45, 2.75) is 12.8 Å². The van der Waals surface area contributed by atoms with E-state index in [-0.39, 0.29) is 6.42 Å². The Kier molecular flexibility index (Phi) is 3.82. The highest BCUT2D eigenvalue weighted by Gasteiger charge is 1.95. The van der Waals surface area contributed by atoms with Crippen LogP contribution in [0.15, 0.2) is 30.3 Å². The molecular formula is C10H13NO2. The fourth-order valence-corrected chi connectivity index (χ4v) is 1.03. The van der Waals surface area contributed by atoms with Gasteiger partial charge in [-0.05, 0) is 18.6 Å². The van der Waals surface area contributed by atoms with Gasteiger partial charge in [0.1, 0.15) is 0 Å². The Morgan fingerprint density at radius 2 is 2.00 bits per heavy atom. The van der Waals surface area contributed by atoms with Crippen molar-refractivity contribution < 1.29 is 9.90 Å². The molecule has 1 rings (SSSR count). The Labute approximate surface area is 77.4 Å². The lowest BCUT2D eigenvalue weighted by atomic mass is 10.3. The summed E-state index contributed by atoms with van der Waals surface area (Å²) in [6.45, 7) is 0.705. The minimum absolute atomic E-state index is 0.222. The van der Waals surface area contributed by atoms with E-state index in [4.69, 9.17) is 5.11 Å². The van der Waals surface area contributed by atoms with Gasteiger partial charge >= 0.3 is 5.97 Å². The molecule has 0 aliphatic rings. The van der Waals surface area contributed by atoms with Crippen molar-refractivity contribution in [1.29, 1.82) is 0 Å². The van der Waals surface area contributed by atoms with Crippen molar-refractivity contribution in [3.05, 3.63) is 30.3 Å². The van der Waals surface area contributed by atoms with E-state index in [0.717, 1.165) is 5.69 Å². The van der Waals surface area contributed by atoms with E-state index in [0.29, 0.717) is 13.0 Å². The molecule has 0 aromatic heterocycles.